The Balaban J connectivity index is 2.22. The van der Waals surface area contributed by atoms with Crippen molar-refractivity contribution < 1.29 is 9.90 Å². The van der Waals surface area contributed by atoms with Crippen molar-refractivity contribution in [1.82, 2.24) is 9.97 Å². The van der Waals surface area contributed by atoms with E-state index in [0.717, 1.165) is 16.9 Å². The highest BCUT2D eigenvalue weighted by molar-refractivity contribution is 6.42. The number of aromatic amines is 1. The van der Waals surface area contributed by atoms with E-state index >= 15 is 0 Å². The minimum absolute atomic E-state index is 0.0222. The van der Waals surface area contributed by atoms with Gasteiger partial charge in [0.1, 0.15) is 5.82 Å². The van der Waals surface area contributed by atoms with Crippen LogP contribution in [0, 0.1) is 5.92 Å². The molecule has 0 radical (unpaired) electrons. The van der Waals surface area contributed by atoms with E-state index in [0.29, 0.717) is 16.5 Å². The van der Waals surface area contributed by atoms with Gasteiger partial charge in [-0.1, -0.05) is 30.1 Å². The van der Waals surface area contributed by atoms with Crippen LogP contribution < -0.4 is 0 Å². The molecule has 2 rings (SSSR count). The molecule has 18 heavy (non-hydrogen) atoms. The molecule has 1 unspecified atom stereocenters. The van der Waals surface area contributed by atoms with Gasteiger partial charge in [-0.15, -0.1) is 0 Å². The van der Waals surface area contributed by atoms with E-state index in [1.807, 2.05) is 6.92 Å². The van der Waals surface area contributed by atoms with E-state index < -0.39 is 5.97 Å². The second-order valence-electron chi connectivity index (χ2n) is 4.37. The summed E-state index contributed by atoms with van der Waals surface area (Å²) in [7, 11) is 0. The standard InChI is InChI=1S/C12H12Cl2N2O2/c1-6(3-12(17)18)2-11-15-9-4-7(13)8(14)5-10(9)16-11/h4-6H,2-3H2,1H3,(H,15,16)(H,17,18). The highest BCUT2D eigenvalue weighted by atomic mass is 35.5. The molecule has 6 heteroatoms. The lowest BCUT2D eigenvalue weighted by Gasteiger charge is -2.04. The highest BCUT2D eigenvalue weighted by Crippen LogP contribution is 2.27. The Morgan fingerprint density at radius 2 is 2.11 bits per heavy atom. The van der Waals surface area contributed by atoms with E-state index in [1.54, 1.807) is 12.1 Å². The fourth-order valence-electron chi connectivity index (χ4n) is 1.85. The first kappa shape index (κ1) is 13.2. The normalized spacial score (nSPS) is 12.8. The lowest BCUT2D eigenvalue weighted by atomic mass is 10.0. The van der Waals surface area contributed by atoms with Crippen molar-refractivity contribution in [2.45, 2.75) is 19.8 Å². The van der Waals surface area contributed by atoms with Gasteiger partial charge >= 0.3 is 5.97 Å². The number of nitrogens with one attached hydrogen (secondary N) is 1. The number of carboxylic acids is 1. The van der Waals surface area contributed by atoms with Crippen LogP contribution in [0.5, 0.6) is 0 Å². The van der Waals surface area contributed by atoms with Crippen LogP contribution in [0.25, 0.3) is 11.0 Å². The Labute approximate surface area is 114 Å². The Morgan fingerprint density at radius 1 is 1.44 bits per heavy atom. The lowest BCUT2D eigenvalue weighted by Crippen LogP contribution is -2.07. The zero-order chi connectivity index (χ0) is 13.3. The fourth-order valence-corrected chi connectivity index (χ4v) is 2.18. The number of imidazole rings is 1. The number of nitrogens with zero attached hydrogens (tertiary/aromatic N) is 1. The summed E-state index contributed by atoms with van der Waals surface area (Å²) in [5.41, 5.74) is 1.55. The van der Waals surface area contributed by atoms with Crippen molar-refractivity contribution in [2.24, 2.45) is 5.92 Å². The topological polar surface area (TPSA) is 66.0 Å². The molecule has 96 valence electrons. The third-order valence-electron chi connectivity index (χ3n) is 2.64. The van der Waals surface area contributed by atoms with Crippen LogP contribution in [0.15, 0.2) is 12.1 Å². The smallest absolute Gasteiger partial charge is 0.303 e. The zero-order valence-electron chi connectivity index (χ0n) is 9.70. The summed E-state index contributed by atoms with van der Waals surface area (Å²) < 4.78 is 0. The van der Waals surface area contributed by atoms with E-state index in [-0.39, 0.29) is 12.3 Å². The van der Waals surface area contributed by atoms with E-state index in [4.69, 9.17) is 28.3 Å². The number of halogens is 2. The third kappa shape index (κ3) is 2.94. The molecule has 1 aromatic carbocycles. The molecule has 4 nitrogen and oxygen atoms in total. The summed E-state index contributed by atoms with van der Waals surface area (Å²) in [5, 5.41) is 9.64. The maximum atomic E-state index is 10.6. The van der Waals surface area contributed by atoms with Gasteiger partial charge in [-0.3, -0.25) is 4.79 Å². The predicted octanol–water partition coefficient (Wildman–Crippen LogP) is 3.52. The molecule has 2 N–H and O–H groups in total. The van der Waals surface area contributed by atoms with Crippen LogP contribution in [0.2, 0.25) is 10.0 Å². The van der Waals surface area contributed by atoms with E-state index in [9.17, 15) is 4.79 Å². The summed E-state index contributed by atoms with van der Waals surface area (Å²) in [6.07, 6.45) is 0.703. The number of H-pyrrole nitrogens is 1. The quantitative estimate of drug-likeness (QED) is 0.904. The molecule has 0 aliphatic rings. The molecule has 0 aliphatic heterocycles. The van der Waals surface area contributed by atoms with E-state index in [1.165, 1.54) is 0 Å². The van der Waals surface area contributed by atoms with Gasteiger partial charge in [0.2, 0.25) is 0 Å². The summed E-state index contributed by atoms with van der Waals surface area (Å²) in [5.74, 6) is -0.0317. The molecule has 0 saturated carbocycles. The molecule has 1 atom stereocenters. The summed E-state index contributed by atoms with van der Waals surface area (Å²) in [6, 6.07) is 3.42. The number of rotatable bonds is 4. The first-order chi connectivity index (χ1) is 8.45. The predicted molar refractivity (Wildman–Crippen MR) is 71.2 cm³/mol. The Morgan fingerprint density at radius 3 is 2.78 bits per heavy atom. The average molecular weight is 287 g/mol. The molecule has 0 aliphatic carbocycles. The van der Waals surface area contributed by atoms with Gasteiger partial charge < -0.3 is 10.1 Å². The van der Waals surface area contributed by atoms with Crippen LogP contribution in [-0.2, 0) is 11.2 Å². The van der Waals surface area contributed by atoms with Gasteiger partial charge in [-0.05, 0) is 18.1 Å². The Kier molecular flexibility index (Phi) is 3.78. The second kappa shape index (κ2) is 5.16. The van der Waals surface area contributed by atoms with Gasteiger partial charge in [-0.25, -0.2) is 4.98 Å². The number of hydrogen-bond acceptors (Lipinski definition) is 2. The van der Waals surface area contributed by atoms with E-state index in [2.05, 4.69) is 9.97 Å². The van der Waals surface area contributed by atoms with Crippen LogP contribution >= 0.6 is 23.2 Å². The highest BCUT2D eigenvalue weighted by Gasteiger charge is 2.12. The van der Waals surface area contributed by atoms with Crippen molar-refractivity contribution >= 4 is 40.2 Å². The summed E-state index contributed by atoms with van der Waals surface area (Å²) in [4.78, 5) is 18.1. The number of hydrogen-bond donors (Lipinski definition) is 2. The zero-order valence-corrected chi connectivity index (χ0v) is 11.2. The number of aliphatic carboxylic acids is 1. The minimum Gasteiger partial charge on any atom is -0.481 e. The summed E-state index contributed by atoms with van der Waals surface area (Å²) >= 11 is 11.8. The molecule has 0 bridgehead atoms. The van der Waals surface area contributed by atoms with Gasteiger partial charge in [0, 0.05) is 12.8 Å². The number of benzene rings is 1. The van der Waals surface area contributed by atoms with Crippen molar-refractivity contribution in [1.29, 1.82) is 0 Å². The molecule has 2 aromatic rings. The largest absolute Gasteiger partial charge is 0.481 e. The molecule has 0 fully saturated rings. The van der Waals surface area contributed by atoms with Crippen molar-refractivity contribution in [2.75, 3.05) is 0 Å². The molecular formula is C12H12Cl2N2O2. The van der Waals surface area contributed by atoms with Crippen molar-refractivity contribution in [3.63, 3.8) is 0 Å². The first-order valence-corrected chi connectivity index (χ1v) is 6.26. The van der Waals surface area contributed by atoms with Gasteiger partial charge in [0.15, 0.2) is 0 Å². The van der Waals surface area contributed by atoms with Crippen LogP contribution in [0.3, 0.4) is 0 Å². The Bertz CT molecular complexity index is 556. The SMILES string of the molecule is CC(CC(=O)O)Cc1nc2cc(Cl)c(Cl)cc2[nH]1. The Hall–Kier alpha value is -1.26. The maximum absolute atomic E-state index is 10.6. The molecule has 0 saturated heterocycles. The minimum atomic E-state index is -0.801. The maximum Gasteiger partial charge on any atom is 0.303 e. The number of aromatic nitrogens is 2. The average Bonchev–Trinajstić information content (AvgIpc) is 2.58. The summed E-state index contributed by atoms with van der Waals surface area (Å²) in [6.45, 7) is 1.88. The van der Waals surface area contributed by atoms with Crippen molar-refractivity contribution in [3.8, 4) is 0 Å². The fraction of sp³-hybridized carbons (Fsp3) is 0.333. The second-order valence-corrected chi connectivity index (χ2v) is 5.19. The molecule has 0 amide bonds. The van der Waals surface area contributed by atoms with Crippen molar-refractivity contribution in [3.05, 3.63) is 28.0 Å². The third-order valence-corrected chi connectivity index (χ3v) is 3.36. The van der Waals surface area contributed by atoms with Crippen LogP contribution in [0.4, 0.5) is 0 Å². The molecule has 1 aromatic heterocycles. The van der Waals surface area contributed by atoms with Crippen LogP contribution in [0.1, 0.15) is 19.2 Å². The number of carboxylic acid groups (broad SMARTS) is 1. The first-order valence-electron chi connectivity index (χ1n) is 5.51. The lowest BCUT2D eigenvalue weighted by molar-refractivity contribution is -0.137. The molecule has 0 spiro atoms. The number of carbonyl (C=O) groups is 1. The monoisotopic (exact) mass is 286 g/mol. The molecule has 1 heterocycles. The van der Waals surface area contributed by atoms with Gasteiger partial charge in [-0.2, -0.15) is 0 Å². The van der Waals surface area contributed by atoms with Gasteiger partial charge in [0.05, 0.1) is 21.1 Å². The number of fused-ring (bicyclic) bond motifs is 1. The molecular weight excluding hydrogens is 275 g/mol. The van der Waals surface area contributed by atoms with Crippen LogP contribution in [-0.4, -0.2) is 21.0 Å². The van der Waals surface area contributed by atoms with Gasteiger partial charge in [0.25, 0.3) is 0 Å².